The summed E-state index contributed by atoms with van der Waals surface area (Å²) < 4.78 is 25.1. The molecule has 0 radical (unpaired) electrons. The summed E-state index contributed by atoms with van der Waals surface area (Å²) in [6.45, 7) is 0. The highest BCUT2D eigenvalue weighted by Gasteiger charge is 2.33. The van der Waals surface area contributed by atoms with Gasteiger partial charge in [0.1, 0.15) is 11.5 Å². The Bertz CT molecular complexity index is 591. The fourth-order valence-electron chi connectivity index (χ4n) is 3.06. The van der Waals surface area contributed by atoms with Crippen LogP contribution < -0.4 is 9.05 Å². The van der Waals surface area contributed by atoms with Gasteiger partial charge in [0.2, 0.25) is 0 Å². The molecule has 1 saturated carbocycles. The monoisotopic (exact) mass is 330 g/mol. The largest absolute Gasteiger partial charge is 0.430 e. The molecule has 0 atom stereocenters. The second kappa shape index (κ2) is 7.70. The van der Waals surface area contributed by atoms with Crippen molar-refractivity contribution in [3.8, 4) is 11.5 Å². The van der Waals surface area contributed by atoms with E-state index in [0.29, 0.717) is 23.6 Å². The summed E-state index contributed by atoms with van der Waals surface area (Å²) in [5, 5.41) is 0. The molecule has 0 amide bonds. The fourth-order valence-corrected chi connectivity index (χ4v) is 5.13. The molecule has 2 aromatic carbocycles. The van der Waals surface area contributed by atoms with E-state index in [9.17, 15) is 4.57 Å². The van der Waals surface area contributed by atoms with Gasteiger partial charge in [-0.25, -0.2) is 4.57 Å². The second-order valence-electron chi connectivity index (χ2n) is 6.11. The van der Waals surface area contributed by atoms with Crippen molar-refractivity contribution in [2.24, 2.45) is 5.92 Å². The van der Waals surface area contributed by atoms with Gasteiger partial charge < -0.3 is 9.05 Å². The van der Waals surface area contributed by atoms with Gasteiger partial charge in [-0.2, -0.15) is 0 Å². The molecule has 2 aromatic rings. The number of para-hydroxylation sites is 2. The molecule has 0 aromatic heterocycles. The maximum atomic E-state index is 13.4. The van der Waals surface area contributed by atoms with Crippen LogP contribution in [0.25, 0.3) is 0 Å². The zero-order chi connectivity index (χ0) is 16.0. The predicted octanol–water partition coefficient (Wildman–Crippen LogP) is 5.92. The summed E-state index contributed by atoms with van der Waals surface area (Å²) >= 11 is 0. The SMILES string of the molecule is O=P(CC1CCCCC1)(Oc1ccccc1)Oc1ccccc1. The Labute approximate surface area is 138 Å². The minimum absolute atomic E-state index is 0.419. The van der Waals surface area contributed by atoms with Crippen molar-refractivity contribution >= 4 is 7.60 Å². The average molecular weight is 330 g/mol. The summed E-state index contributed by atoms with van der Waals surface area (Å²) in [6, 6.07) is 18.6. The molecule has 4 heteroatoms. The summed E-state index contributed by atoms with van der Waals surface area (Å²) in [6.07, 6.45) is 6.40. The van der Waals surface area contributed by atoms with Crippen molar-refractivity contribution in [2.45, 2.75) is 32.1 Å². The first-order chi connectivity index (χ1) is 11.2. The van der Waals surface area contributed by atoms with Crippen LogP contribution in [0.15, 0.2) is 60.7 Å². The van der Waals surface area contributed by atoms with Crippen LogP contribution in [0.1, 0.15) is 32.1 Å². The first kappa shape index (κ1) is 16.1. The van der Waals surface area contributed by atoms with E-state index in [0.717, 1.165) is 12.8 Å². The maximum absolute atomic E-state index is 13.4. The van der Waals surface area contributed by atoms with Crippen LogP contribution in [0.4, 0.5) is 0 Å². The zero-order valence-electron chi connectivity index (χ0n) is 13.3. The molecular weight excluding hydrogens is 307 g/mol. The standard InChI is InChI=1S/C19H23O3P/c20-23(16-17-10-4-1-5-11-17,21-18-12-6-2-7-13-18)22-19-14-8-3-9-15-19/h2-3,6-9,12-15,17H,1,4-5,10-11,16H2. The lowest BCUT2D eigenvalue weighted by Gasteiger charge is -2.26. The van der Waals surface area contributed by atoms with Gasteiger partial charge in [0, 0.05) is 0 Å². The van der Waals surface area contributed by atoms with E-state index < -0.39 is 7.60 Å². The van der Waals surface area contributed by atoms with Crippen LogP contribution in [0.3, 0.4) is 0 Å². The molecule has 0 N–H and O–H groups in total. The van der Waals surface area contributed by atoms with Gasteiger partial charge in [-0.05, 0) is 43.0 Å². The van der Waals surface area contributed by atoms with Gasteiger partial charge in [-0.15, -0.1) is 0 Å². The molecule has 122 valence electrons. The highest BCUT2D eigenvalue weighted by molar-refractivity contribution is 7.54. The Morgan fingerprint density at radius 2 is 1.26 bits per heavy atom. The van der Waals surface area contributed by atoms with Crippen LogP contribution in [0, 0.1) is 5.92 Å². The Morgan fingerprint density at radius 1 is 0.783 bits per heavy atom. The molecule has 0 spiro atoms. The number of rotatable bonds is 6. The maximum Gasteiger partial charge on any atom is 0.430 e. The molecule has 0 saturated heterocycles. The van der Waals surface area contributed by atoms with Crippen molar-refractivity contribution in [3.05, 3.63) is 60.7 Å². The molecule has 3 nitrogen and oxygen atoms in total. The number of hydrogen-bond donors (Lipinski definition) is 0. The number of benzene rings is 2. The Hall–Kier alpha value is -1.73. The van der Waals surface area contributed by atoms with Gasteiger partial charge >= 0.3 is 7.60 Å². The Morgan fingerprint density at radius 3 is 1.74 bits per heavy atom. The molecule has 0 unspecified atom stereocenters. The highest BCUT2D eigenvalue weighted by atomic mass is 31.2. The molecule has 23 heavy (non-hydrogen) atoms. The van der Waals surface area contributed by atoms with Crippen molar-refractivity contribution in [1.29, 1.82) is 0 Å². The van der Waals surface area contributed by atoms with Crippen LogP contribution in [-0.4, -0.2) is 6.16 Å². The van der Waals surface area contributed by atoms with E-state index in [1.165, 1.54) is 19.3 Å². The lowest BCUT2D eigenvalue weighted by Crippen LogP contribution is -2.16. The predicted molar refractivity (Wildman–Crippen MR) is 93.2 cm³/mol. The van der Waals surface area contributed by atoms with E-state index in [1.54, 1.807) is 0 Å². The summed E-state index contributed by atoms with van der Waals surface area (Å²) in [4.78, 5) is 0. The van der Waals surface area contributed by atoms with Crippen molar-refractivity contribution in [1.82, 2.24) is 0 Å². The first-order valence-corrected chi connectivity index (χ1v) is 10.0. The Kier molecular flexibility index (Phi) is 5.40. The van der Waals surface area contributed by atoms with E-state index in [2.05, 4.69) is 0 Å². The van der Waals surface area contributed by atoms with E-state index in [-0.39, 0.29) is 0 Å². The van der Waals surface area contributed by atoms with Crippen molar-refractivity contribution < 1.29 is 13.6 Å². The highest BCUT2D eigenvalue weighted by Crippen LogP contribution is 2.51. The summed E-state index contributed by atoms with van der Waals surface area (Å²) in [7, 11) is -3.23. The van der Waals surface area contributed by atoms with Crippen LogP contribution >= 0.6 is 7.60 Å². The molecule has 1 aliphatic rings. The van der Waals surface area contributed by atoms with Gasteiger partial charge in [0.05, 0.1) is 6.16 Å². The first-order valence-electron chi connectivity index (χ1n) is 8.32. The zero-order valence-corrected chi connectivity index (χ0v) is 14.2. The summed E-state index contributed by atoms with van der Waals surface area (Å²) in [5.74, 6) is 1.62. The molecular formula is C19H23O3P. The van der Waals surface area contributed by atoms with Crippen molar-refractivity contribution in [2.75, 3.05) is 6.16 Å². The van der Waals surface area contributed by atoms with Gasteiger partial charge in [-0.1, -0.05) is 55.7 Å². The molecule has 1 fully saturated rings. The lowest BCUT2D eigenvalue weighted by molar-refractivity contribution is 0.341. The molecule has 0 aliphatic heterocycles. The molecule has 0 bridgehead atoms. The normalized spacial score (nSPS) is 16.0. The Balaban J connectivity index is 1.77. The minimum Gasteiger partial charge on any atom is -0.416 e. The van der Waals surface area contributed by atoms with Crippen LogP contribution in [-0.2, 0) is 4.57 Å². The number of hydrogen-bond acceptors (Lipinski definition) is 3. The van der Waals surface area contributed by atoms with Gasteiger partial charge in [0.15, 0.2) is 0 Å². The third-order valence-corrected chi connectivity index (χ3v) is 6.12. The van der Waals surface area contributed by atoms with Crippen LogP contribution in [0.2, 0.25) is 0 Å². The fraction of sp³-hybridized carbons (Fsp3) is 0.368. The topological polar surface area (TPSA) is 35.5 Å². The van der Waals surface area contributed by atoms with E-state index in [1.807, 2.05) is 60.7 Å². The second-order valence-corrected chi connectivity index (χ2v) is 8.06. The van der Waals surface area contributed by atoms with Gasteiger partial charge in [-0.3, -0.25) is 0 Å². The third-order valence-electron chi connectivity index (χ3n) is 4.18. The quantitative estimate of drug-likeness (QED) is 0.617. The molecule has 0 heterocycles. The van der Waals surface area contributed by atoms with E-state index in [4.69, 9.17) is 9.05 Å². The van der Waals surface area contributed by atoms with Crippen molar-refractivity contribution in [3.63, 3.8) is 0 Å². The molecule has 1 aliphatic carbocycles. The minimum atomic E-state index is -3.23. The third kappa shape index (κ3) is 4.87. The van der Waals surface area contributed by atoms with E-state index >= 15 is 0 Å². The van der Waals surface area contributed by atoms with Crippen LogP contribution in [0.5, 0.6) is 11.5 Å². The average Bonchev–Trinajstić information content (AvgIpc) is 2.57. The lowest BCUT2D eigenvalue weighted by atomic mass is 9.91. The summed E-state index contributed by atoms with van der Waals surface area (Å²) in [5.41, 5.74) is 0. The smallest absolute Gasteiger partial charge is 0.416 e. The molecule has 3 rings (SSSR count). The van der Waals surface area contributed by atoms with Gasteiger partial charge in [0.25, 0.3) is 0 Å².